The van der Waals surface area contributed by atoms with Crippen LogP contribution in [0, 0.1) is 0 Å². The van der Waals surface area contributed by atoms with Gasteiger partial charge in [-0.3, -0.25) is 0 Å². The molecule has 1 aliphatic rings. The van der Waals surface area contributed by atoms with Crippen molar-refractivity contribution < 1.29 is 21.2 Å². The van der Waals surface area contributed by atoms with Crippen LogP contribution in [0.15, 0.2) is 24.3 Å². The van der Waals surface area contributed by atoms with Gasteiger partial charge in [0, 0.05) is 0 Å². The first kappa shape index (κ1) is 23.3. The number of hydrogen-bond acceptors (Lipinski definition) is 5. The van der Waals surface area contributed by atoms with E-state index in [1.54, 1.807) is 4.90 Å². The van der Waals surface area contributed by atoms with Crippen molar-refractivity contribution in [2.75, 3.05) is 31.6 Å². The molecule has 22 heavy (non-hydrogen) atoms. The molecule has 0 unspecified atom stereocenters. The van der Waals surface area contributed by atoms with Crippen LogP contribution in [0.1, 0.15) is 25.7 Å². The fraction of sp³-hybridized carbons (Fsp3) is 0.533. The molecule has 122 valence electrons. The van der Waals surface area contributed by atoms with Crippen molar-refractivity contribution in [2.45, 2.75) is 25.7 Å². The summed E-state index contributed by atoms with van der Waals surface area (Å²) in [5.41, 5.74) is 0.981. The Balaban J connectivity index is 0. The summed E-state index contributed by atoms with van der Waals surface area (Å²) in [4.78, 5) is 16.3. The number of carbonyl (C=O) groups is 1. The van der Waals surface area contributed by atoms with Crippen LogP contribution >= 0.6 is 0 Å². The zero-order chi connectivity index (χ0) is 13.7. The van der Waals surface area contributed by atoms with Crippen LogP contribution in [0.25, 0.3) is 0 Å². The Kier molecular flexibility index (Phi) is 12.3. The predicted octanol–water partition coefficient (Wildman–Crippen LogP) is 0.789. The van der Waals surface area contributed by atoms with E-state index in [-0.39, 0.29) is 22.3 Å². The van der Waals surface area contributed by atoms with Crippen LogP contribution in [0.2, 0.25) is 0 Å². The van der Waals surface area contributed by atoms with Gasteiger partial charge in [0.1, 0.15) is 0 Å². The van der Waals surface area contributed by atoms with Gasteiger partial charge in [-0.05, 0) is 0 Å². The van der Waals surface area contributed by atoms with Gasteiger partial charge in [-0.25, -0.2) is 0 Å². The molecule has 0 atom stereocenters. The Morgan fingerprint density at radius 3 is 2.18 bits per heavy atom. The van der Waals surface area contributed by atoms with Gasteiger partial charge >= 0.3 is 124 Å². The average molecular weight is 369 g/mol. The van der Waals surface area contributed by atoms with E-state index < -0.39 is 0 Å². The summed E-state index contributed by atoms with van der Waals surface area (Å²) >= 11 is 2.06. The second-order valence-electron chi connectivity index (χ2n) is 5.15. The van der Waals surface area contributed by atoms with E-state index in [0.29, 0.717) is 6.42 Å². The van der Waals surface area contributed by atoms with Crippen molar-refractivity contribution in [3.63, 3.8) is 0 Å². The Bertz CT molecular complexity index is 422. The Morgan fingerprint density at radius 2 is 1.64 bits per heavy atom. The van der Waals surface area contributed by atoms with Gasteiger partial charge in [0.2, 0.25) is 0 Å². The summed E-state index contributed by atoms with van der Waals surface area (Å²) in [6.45, 7) is 3.21. The first-order valence-electron chi connectivity index (χ1n) is 6.97. The van der Waals surface area contributed by atoms with E-state index in [2.05, 4.69) is 21.4 Å². The smallest absolute Gasteiger partial charge is 0.870 e. The number of piperidine rings is 1. The van der Waals surface area contributed by atoms with E-state index in [1.807, 2.05) is 31.3 Å². The van der Waals surface area contributed by atoms with Gasteiger partial charge in [-0.2, -0.15) is 0 Å². The van der Waals surface area contributed by atoms with Gasteiger partial charge in [-0.15, -0.1) is 0 Å². The number of anilines is 1. The molecule has 7 heteroatoms. The topological polar surface area (TPSA) is 114 Å². The van der Waals surface area contributed by atoms with E-state index >= 15 is 0 Å². The first-order chi connectivity index (χ1) is 9.16. The molecular formula is C15H24GeN2O4. The van der Waals surface area contributed by atoms with Crippen LogP contribution < -0.4 is 9.30 Å². The van der Waals surface area contributed by atoms with Gasteiger partial charge in [0.15, 0.2) is 0 Å². The number of likely N-dealkylation sites (tertiary alicyclic amines) is 1. The van der Waals surface area contributed by atoms with E-state index in [9.17, 15) is 4.79 Å². The Labute approximate surface area is 140 Å². The van der Waals surface area contributed by atoms with Crippen molar-refractivity contribution in [3.8, 4) is 0 Å². The van der Waals surface area contributed by atoms with E-state index in [0.717, 1.165) is 25.3 Å². The molecule has 3 N–H and O–H groups in total. The van der Waals surface area contributed by atoms with E-state index in [4.69, 9.17) is 0 Å². The minimum atomic E-state index is 0. The van der Waals surface area contributed by atoms with Gasteiger partial charge < -0.3 is 16.4 Å². The fourth-order valence-electron chi connectivity index (χ4n) is 2.43. The number of amides is 1. The third-order valence-electron chi connectivity index (χ3n) is 3.72. The SMILES string of the molecule is CN(C(=O)CCN1CCCCC1)c1cc[c]([Ge+3])cc1.[OH-].[OH-].[OH-]. The summed E-state index contributed by atoms with van der Waals surface area (Å²) in [6.07, 6.45) is 4.52. The first-order valence-corrected chi connectivity index (χ1v) is 8.02. The molecule has 0 radical (unpaired) electrons. The number of benzene rings is 1. The molecule has 0 spiro atoms. The maximum absolute atomic E-state index is 12.2. The van der Waals surface area contributed by atoms with Gasteiger partial charge in [0.25, 0.3) is 0 Å². The molecule has 0 aromatic heterocycles. The summed E-state index contributed by atoms with van der Waals surface area (Å²) in [5.74, 6) is 0.203. The summed E-state index contributed by atoms with van der Waals surface area (Å²) in [6, 6.07) is 8.11. The zero-order valence-electron chi connectivity index (χ0n) is 12.9. The second-order valence-corrected chi connectivity index (χ2v) is 6.36. The van der Waals surface area contributed by atoms with Crippen molar-refractivity contribution in [2.24, 2.45) is 0 Å². The third kappa shape index (κ3) is 6.89. The van der Waals surface area contributed by atoms with Crippen molar-refractivity contribution >= 4 is 32.5 Å². The molecule has 0 aliphatic carbocycles. The molecule has 1 aliphatic heterocycles. The van der Waals surface area contributed by atoms with Crippen LogP contribution in [-0.2, 0) is 4.79 Å². The number of carbonyl (C=O) groups excluding carboxylic acids is 1. The predicted molar refractivity (Wildman–Crippen MR) is 86.0 cm³/mol. The van der Waals surface area contributed by atoms with Gasteiger partial charge in [0.05, 0.1) is 0 Å². The molecule has 1 amide bonds. The van der Waals surface area contributed by atoms with Gasteiger partial charge in [-0.1, -0.05) is 0 Å². The normalized spacial score (nSPS) is 14.1. The van der Waals surface area contributed by atoms with Crippen molar-refractivity contribution in [1.82, 2.24) is 4.90 Å². The fourth-order valence-corrected chi connectivity index (χ4v) is 2.78. The molecule has 6 nitrogen and oxygen atoms in total. The molecule has 1 saturated heterocycles. The maximum atomic E-state index is 12.2. The largest absolute Gasteiger partial charge is 0.870 e. The molecule has 2 rings (SSSR count). The number of rotatable bonds is 4. The van der Waals surface area contributed by atoms with Crippen molar-refractivity contribution in [3.05, 3.63) is 24.3 Å². The standard InChI is InChI=1S/C15H21GeN2O.3H2O/c1-17(14-7-5-13(16)6-8-14)15(19)9-12-18-10-3-2-4-11-18;;;/h5-8H,2-4,9-12H2,1H3;3*1H2/q+3;;;/p-3. The minimum absolute atomic E-state index is 0. The molecular weight excluding hydrogens is 345 g/mol. The monoisotopic (exact) mass is 370 g/mol. The van der Waals surface area contributed by atoms with E-state index in [1.165, 1.54) is 23.7 Å². The van der Waals surface area contributed by atoms with Crippen molar-refractivity contribution in [1.29, 1.82) is 0 Å². The van der Waals surface area contributed by atoms with Crippen LogP contribution in [0.5, 0.6) is 0 Å². The number of nitrogens with zero attached hydrogens (tertiary/aromatic N) is 2. The number of hydrogen-bond donors (Lipinski definition) is 0. The van der Waals surface area contributed by atoms with Crippen LogP contribution in [-0.4, -0.2) is 70.4 Å². The Hall–Kier alpha value is -0.927. The van der Waals surface area contributed by atoms with Crippen LogP contribution in [0.4, 0.5) is 5.69 Å². The minimum Gasteiger partial charge on any atom is -0.870 e. The summed E-state index contributed by atoms with van der Waals surface area (Å²) in [5, 5.41) is 0. The molecule has 1 aromatic rings. The zero-order valence-corrected chi connectivity index (χ0v) is 15.0. The summed E-state index contributed by atoms with van der Waals surface area (Å²) < 4.78 is 1.22. The molecule has 1 heterocycles. The molecule has 0 saturated carbocycles. The summed E-state index contributed by atoms with van der Waals surface area (Å²) in [7, 11) is 1.86. The molecule has 1 fully saturated rings. The maximum Gasteiger partial charge on any atom is -0.870 e. The van der Waals surface area contributed by atoms with Crippen LogP contribution in [0.3, 0.4) is 0 Å². The third-order valence-corrected chi connectivity index (χ3v) is 4.42. The second kappa shape index (κ2) is 11.6. The molecule has 1 aromatic carbocycles. The Morgan fingerprint density at radius 1 is 1.09 bits per heavy atom. The quantitative estimate of drug-likeness (QED) is 0.729. The average Bonchev–Trinajstić information content (AvgIpc) is 2.46. The molecule has 0 bridgehead atoms.